The number of likely N-dealkylation sites (tertiary alicyclic amines) is 1. The highest BCUT2D eigenvalue weighted by atomic mass is 16.5. The molecule has 4 heterocycles. The van der Waals surface area contributed by atoms with E-state index in [-0.39, 0.29) is 0 Å². The van der Waals surface area contributed by atoms with Gasteiger partial charge in [-0.2, -0.15) is 0 Å². The van der Waals surface area contributed by atoms with Crippen molar-refractivity contribution in [3.63, 3.8) is 0 Å². The number of anilines is 2. The Balaban J connectivity index is 1.45. The van der Waals surface area contributed by atoms with Crippen LogP contribution in [-0.4, -0.2) is 52.7 Å². The van der Waals surface area contributed by atoms with E-state index in [9.17, 15) is 0 Å². The normalized spacial score (nSPS) is 21.9. The van der Waals surface area contributed by atoms with Gasteiger partial charge in [0, 0.05) is 50.3 Å². The van der Waals surface area contributed by atoms with E-state index in [1.54, 1.807) is 6.20 Å². The number of hydrogen-bond acceptors (Lipinski definition) is 6. The summed E-state index contributed by atoms with van der Waals surface area (Å²) in [5, 5.41) is 3.39. The van der Waals surface area contributed by atoms with Crippen molar-refractivity contribution >= 4 is 11.6 Å². The van der Waals surface area contributed by atoms with Crippen molar-refractivity contribution in [2.75, 3.05) is 38.2 Å². The van der Waals surface area contributed by atoms with Gasteiger partial charge in [0.05, 0.1) is 5.69 Å². The minimum absolute atomic E-state index is 0.416. The number of hydrogen-bond donors (Lipinski definition) is 1. The van der Waals surface area contributed by atoms with Crippen LogP contribution in [0.1, 0.15) is 43.0 Å². The van der Waals surface area contributed by atoms with Crippen LogP contribution in [0.2, 0.25) is 0 Å². The van der Waals surface area contributed by atoms with Gasteiger partial charge in [-0.3, -0.25) is 4.98 Å². The molecule has 2 aliphatic rings. The Bertz CT molecular complexity index is 747. The first kappa shape index (κ1) is 18.3. The Morgan fingerprint density at radius 3 is 2.85 bits per heavy atom. The van der Waals surface area contributed by atoms with Gasteiger partial charge in [0.25, 0.3) is 0 Å². The Hall–Kier alpha value is -2.05. The van der Waals surface area contributed by atoms with Crippen LogP contribution < -0.4 is 5.32 Å². The first-order valence-electron chi connectivity index (χ1n) is 10.1. The molecule has 0 spiro atoms. The Kier molecular flexibility index (Phi) is 5.94. The SMILES string of the molecule is Cc1cccc(Nc2nccnc2[C@@H]2CCCN(CC3CCOCC3)C2)n1. The fraction of sp³-hybridized carbons (Fsp3) is 0.571. The smallest absolute Gasteiger partial charge is 0.153 e. The summed E-state index contributed by atoms with van der Waals surface area (Å²) < 4.78 is 5.51. The van der Waals surface area contributed by atoms with E-state index < -0.39 is 0 Å². The van der Waals surface area contributed by atoms with Gasteiger partial charge >= 0.3 is 0 Å². The van der Waals surface area contributed by atoms with Crippen molar-refractivity contribution in [3.05, 3.63) is 42.0 Å². The van der Waals surface area contributed by atoms with Gasteiger partial charge in [-0.15, -0.1) is 0 Å². The lowest BCUT2D eigenvalue weighted by Crippen LogP contribution is -2.39. The third-order valence-corrected chi connectivity index (χ3v) is 5.61. The van der Waals surface area contributed by atoms with Crippen LogP contribution in [0.15, 0.2) is 30.6 Å². The average molecular weight is 367 g/mol. The fourth-order valence-electron chi connectivity index (χ4n) is 4.22. The van der Waals surface area contributed by atoms with Gasteiger partial charge in [-0.05, 0) is 57.2 Å². The first-order valence-corrected chi connectivity index (χ1v) is 10.1. The van der Waals surface area contributed by atoms with Gasteiger partial charge in [0.1, 0.15) is 5.82 Å². The number of nitrogens with zero attached hydrogens (tertiary/aromatic N) is 4. The maximum Gasteiger partial charge on any atom is 0.153 e. The average Bonchev–Trinajstić information content (AvgIpc) is 2.69. The molecule has 0 amide bonds. The van der Waals surface area contributed by atoms with Gasteiger partial charge in [0.2, 0.25) is 0 Å². The van der Waals surface area contributed by atoms with E-state index in [1.165, 1.54) is 38.8 Å². The lowest BCUT2D eigenvalue weighted by molar-refractivity contribution is 0.0482. The summed E-state index contributed by atoms with van der Waals surface area (Å²) in [6, 6.07) is 5.98. The summed E-state index contributed by atoms with van der Waals surface area (Å²) in [7, 11) is 0. The van der Waals surface area contributed by atoms with E-state index in [2.05, 4.69) is 20.2 Å². The third kappa shape index (κ3) is 4.82. The number of pyridine rings is 1. The predicted octanol–water partition coefficient (Wildman–Crippen LogP) is 3.53. The monoisotopic (exact) mass is 367 g/mol. The van der Waals surface area contributed by atoms with Crippen molar-refractivity contribution in [1.82, 2.24) is 19.9 Å². The van der Waals surface area contributed by atoms with Crippen LogP contribution in [0.3, 0.4) is 0 Å². The lowest BCUT2D eigenvalue weighted by atomic mass is 9.92. The molecule has 0 saturated carbocycles. The van der Waals surface area contributed by atoms with Crippen molar-refractivity contribution in [1.29, 1.82) is 0 Å². The van der Waals surface area contributed by atoms with E-state index in [0.717, 1.165) is 48.7 Å². The lowest BCUT2D eigenvalue weighted by Gasteiger charge is -2.36. The first-order chi connectivity index (χ1) is 13.3. The number of aromatic nitrogens is 3. The quantitative estimate of drug-likeness (QED) is 0.872. The summed E-state index contributed by atoms with van der Waals surface area (Å²) in [5.74, 6) is 2.85. The molecule has 0 unspecified atom stereocenters. The van der Waals surface area contributed by atoms with Crippen LogP contribution in [0, 0.1) is 12.8 Å². The highest BCUT2D eigenvalue weighted by molar-refractivity contribution is 5.55. The molecule has 1 atom stereocenters. The molecular weight excluding hydrogens is 338 g/mol. The summed E-state index contributed by atoms with van der Waals surface area (Å²) in [5.41, 5.74) is 2.06. The molecule has 27 heavy (non-hydrogen) atoms. The van der Waals surface area contributed by atoms with E-state index in [1.807, 2.05) is 31.3 Å². The van der Waals surface area contributed by atoms with Crippen LogP contribution >= 0.6 is 0 Å². The molecule has 144 valence electrons. The molecule has 0 aliphatic carbocycles. The van der Waals surface area contributed by atoms with E-state index in [0.29, 0.717) is 5.92 Å². The van der Waals surface area contributed by atoms with E-state index >= 15 is 0 Å². The maximum absolute atomic E-state index is 5.51. The fourth-order valence-corrected chi connectivity index (χ4v) is 4.22. The molecule has 6 heteroatoms. The van der Waals surface area contributed by atoms with Crippen molar-refractivity contribution in [3.8, 4) is 0 Å². The molecule has 0 radical (unpaired) electrons. The molecule has 2 saturated heterocycles. The standard InChI is InChI=1S/C21H29N5O/c1-16-4-2-6-19(24-16)25-21-20(22-9-10-23-21)18-5-3-11-26(15-18)14-17-7-12-27-13-8-17/h2,4,6,9-10,17-18H,3,5,7-8,11-15H2,1H3,(H,23,24,25)/t18-/m1/s1. The zero-order chi connectivity index (χ0) is 18.5. The molecule has 2 fully saturated rings. The Labute approximate surface area is 161 Å². The maximum atomic E-state index is 5.51. The van der Waals surface area contributed by atoms with Crippen LogP contribution in [0.25, 0.3) is 0 Å². The third-order valence-electron chi connectivity index (χ3n) is 5.61. The van der Waals surface area contributed by atoms with Gasteiger partial charge in [-0.25, -0.2) is 9.97 Å². The second-order valence-electron chi connectivity index (χ2n) is 7.73. The Morgan fingerprint density at radius 1 is 1.15 bits per heavy atom. The van der Waals surface area contributed by atoms with Crippen LogP contribution in [-0.2, 0) is 4.74 Å². The van der Waals surface area contributed by atoms with Crippen molar-refractivity contribution < 1.29 is 4.74 Å². The largest absolute Gasteiger partial charge is 0.381 e. The van der Waals surface area contributed by atoms with Crippen molar-refractivity contribution in [2.24, 2.45) is 5.92 Å². The molecule has 2 aromatic heterocycles. The summed E-state index contributed by atoms with van der Waals surface area (Å²) >= 11 is 0. The highest BCUT2D eigenvalue weighted by Crippen LogP contribution is 2.31. The molecule has 4 rings (SSSR count). The number of ether oxygens (including phenoxy) is 1. The highest BCUT2D eigenvalue weighted by Gasteiger charge is 2.27. The Morgan fingerprint density at radius 2 is 2.00 bits per heavy atom. The number of piperidine rings is 1. The van der Waals surface area contributed by atoms with E-state index in [4.69, 9.17) is 9.72 Å². The van der Waals surface area contributed by atoms with Gasteiger partial charge < -0.3 is 15.0 Å². The molecule has 1 N–H and O–H groups in total. The van der Waals surface area contributed by atoms with Gasteiger partial charge in [0.15, 0.2) is 5.82 Å². The van der Waals surface area contributed by atoms with Crippen molar-refractivity contribution in [2.45, 2.75) is 38.5 Å². The number of nitrogens with one attached hydrogen (secondary N) is 1. The second-order valence-corrected chi connectivity index (χ2v) is 7.73. The second kappa shape index (κ2) is 8.76. The molecule has 0 aromatic carbocycles. The minimum Gasteiger partial charge on any atom is -0.381 e. The summed E-state index contributed by atoms with van der Waals surface area (Å²) in [4.78, 5) is 16.4. The van der Waals surface area contributed by atoms with Crippen LogP contribution in [0.5, 0.6) is 0 Å². The minimum atomic E-state index is 0.416. The number of aryl methyl sites for hydroxylation is 1. The molecule has 0 bridgehead atoms. The summed E-state index contributed by atoms with van der Waals surface area (Å²) in [6.45, 7) is 7.27. The molecule has 2 aromatic rings. The molecule has 6 nitrogen and oxygen atoms in total. The topological polar surface area (TPSA) is 63.2 Å². The number of rotatable bonds is 5. The zero-order valence-corrected chi connectivity index (χ0v) is 16.1. The zero-order valence-electron chi connectivity index (χ0n) is 16.1. The predicted molar refractivity (Wildman–Crippen MR) is 106 cm³/mol. The molecular formula is C21H29N5O. The molecule has 2 aliphatic heterocycles. The van der Waals surface area contributed by atoms with Gasteiger partial charge in [-0.1, -0.05) is 6.07 Å². The van der Waals surface area contributed by atoms with Crippen LogP contribution in [0.4, 0.5) is 11.6 Å². The summed E-state index contributed by atoms with van der Waals surface area (Å²) in [6.07, 6.45) is 8.33.